The normalized spacial score (nSPS) is 30.1. The lowest BCUT2D eigenvalue weighted by atomic mass is 9.84. The summed E-state index contributed by atoms with van der Waals surface area (Å²) in [5.41, 5.74) is 0. The molecule has 2 aliphatic rings. The van der Waals surface area contributed by atoms with Crippen molar-refractivity contribution >= 4 is 11.8 Å². The van der Waals surface area contributed by atoms with Crippen molar-refractivity contribution < 1.29 is 14.3 Å². The van der Waals surface area contributed by atoms with E-state index < -0.39 is 0 Å². The summed E-state index contributed by atoms with van der Waals surface area (Å²) in [4.78, 5) is 28.3. The Morgan fingerprint density at radius 2 is 1.85 bits per heavy atom. The van der Waals surface area contributed by atoms with Gasteiger partial charge in [-0.25, -0.2) is 0 Å². The molecule has 0 aromatic heterocycles. The van der Waals surface area contributed by atoms with Gasteiger partial charge in [0.05, 0.1) is 25.1 Å². The summed E-state index contributed by atoms with van der Waals surface area (Å²) < 4.78 is 5.01. The van der Waals surface area contributed by atoms with Crippen LogP contribution in [0.4, 0.5) is 0 Å². The molecule has 1 heterocycles. The van der Waals surface area contributed by atoms with Crippen LogP contribution < -0.4 is 0 Å². The van der Waals surface area contributed by atoms with Crippen LogP contribution in [0.5, 0.6) is 0 Å². The van der Waals surface area contributed by atoms with Crippen molar-refractivity contribution in [2.75, 3.05) is 20.3 Å². The van der Waals surface area contributed by atoms with Gasteiger partial charge in [-0.2, -0.15) is 0 Å². The van der Waals surface area contributed by atoms with Crippen LogP contribution in [0.3, 0.4) is 0 Å². The zero-order chi connectivity index (χ0) is 14.7. The van der Waals surface area contributed by atoms with Crippen molar-refractivity contribution in [3.63, 3.8) is 0 Å². The van der Waals surface area contributed by atoms with E-state index in [-0.39, 0.29) is 29.9 Å². The molecule has 5 nitrogen and oxygen atoms in total. The molecule has 2 amide bonds. The number of hydrogen-bond donors (Lipinski definition) is 0. The summed E-state index contributed by atoms with van der Waals surface area (Å²) in [7, 11) is 1.62. The topological polar surface area (TPSA) is 49.9 Å². The van der Waals surface area contributed by atoms with Crippen molar-refractivity contribution in [1.82, 2.24) is 9.80 Å². The molecule has 5 heteroatoms. The quantitative estimate of drug-likeness (QED) is 0.786. The maximum atomic E-state index is 12.4. The van der Waals surface area contributed by atoms with Gasteiger partial charge in [0, 0.05) is 26.6 Å². The summed E-state index contributed by atoms with van der Waals surface area (Å²) in [5.74, 6) is 0.303. The Balaban J connectivity index is 2.15. The highest BCUT2D eigenvalue weighted by molar-refractivity contribution is 5.78. The summed E-state index contributed by atoms with van der Waals surface area (Å²) in [6.07, 6.45) is 4.77. The third-order valence-corrected chi connectivity index (χ3v) is 4.59. The summed E-state index contributed by atoms with van der Waals surface area (Å²) in [5, 5.41) is 0. The minimum atomic E-state index is 0.110. The first-order valence-corrected chi connectivity index (χ1v) is 7.63. The van der Waals surface area contributed by atoms with E-state index in [4.69, 9.17) is 4.74 Å². The fourth-order valence-corrected chi connectivity index (χ4v) is 3.78. The number of piperazine rings is 1. The summed E-state index contributed by atoms with van der Waals surface area (Å²) in [6.45, 7) is 4.81. The Bertz CT molecular complexity index is 372. The van der Waals surface area contributed by atoms with E-state index in [1.807, 2.05) is 16.7 Å². The monoisotopic (exact) mass is 282 g/mol. The van der Waals surface area contributed by atoms with Gasteiger partial charge in [0.2, 0.25) is 11.8 Å². The van der Waals surface area contributed by atoms with Gasteiger partial charge in [0.25, 0.3) is 0 Å². The lowest BCUT2D eigenvalue weighted by Gasteiger charge is -2.52. The predicted molar refractivity (Wildman–Crippen MR) is 76.2 cm³/mol. The molecule has 1 aliphatic carbocycles. The van der Waals surface area contributed by atoms with Gasteiger partial charge in [0.15, 0.2) is 0 Å². The molecule has 0 spiro atoms. The van der Waals surface area contributed by atoms with Crippen molar-refractivity contribution in [1.29, 1.82) is 0 Å². The number of nitrogens with zero attached hydrogens (tertiary/aromatic N) is 2. The fourth-order valence-electron chi connectivity index (χ4n) is 3.78. The van der Waals surface area contributed by atoms with E-state index >= 15 is 0 Å². The molecule has 114 valence electrons. The first-order valence-electron chi connectivity index (χ1n) is 7.63. The number of hydrogen-bond acceptors (Lipinski definition) is 3. The first kappa shape index (κ1) is 15.3. The Hall–Kier alpha value is -1.10. The summed E-state index contributed by atoms with van der Waals surface area (Å²) in [6, 6.07) is 0.517. The number of fused-ring (bicyclic) bond motifs is 1. The van der Waals surface area contributed by atoms with Crippen molar-refractivity contribution in [3.05, 3.63) is 0 Å². The Kier molecular flexibility index (Phi) is 5.02. The molecule has 0 aromatic rings. The zero-order valence-electron chi connectivity index (χ0n) is 12.8. The second-order valence-corrected chi connectivity index (χ2v) is 5.98. The van der Waals surface area contributed by atoms with Crippen LogP contribution in [0.15, 0.2) is 0 Å². The van der Waals surface area contributed by atoms with Crippen LogP contribution in [0, 0.1) is 0 Å². The molecule has 0 aromatic carbocycles. The minimum absolute atomic E-state index is 0.110. The van der Waals surface area contributed by atoms with Crippen LogP contribution in [-0.4, -0.2) is 60.0 Å². The molecule has 0 N–H and O–H groups in total. The van der Waals surface area contributed by atoms with Gasteiger partial charge in [-0.05, 0) is 19.8 Å². The third kappa shape index (κ3) is 2.97. The number of rotatable bonds is 3. The van der Waals surface area contributed by atoms with E-state index in [0.717, 1.165) is 25.7 Å². The number of carbonyl (C=O) groups is 2. The van der Waals surface area contributed by atoms with Crippen LogP contribution >= 0.6 is 0 Å². The molecule has 3 atom stereocenters. The standard InChI is InChI=1S/C15H26N2O3/c1-11-10-16(15(19)8-9-20-3)13-6-4-5-7-14(13)17(11)12(2)18/h11,13-14H,4-10H2,1-3H3/t11-,13?,14?/m0/s1. The van der Waals surface area contributed by atoms with Gasteiger partial charge in [0.1, 0.15) is 0 Å². The Labute approximate surface area is 121 Å². The van der Waals surface area contributed by atoms with E-state index in [1.165, 1.54) is 0 Å². The summed E-state index contributed by atoms with van der Waals surface area (Å²) >= 11 is 0. The largest absolute Gasteiger partial charge is 0.384 e. The first-order chi connectivity index (χ1) is 9.56. The van der Waals surface area contributed by atoms with Gasteiger partial charge in [-0.15, -0.1) is 0 Å². The van der Waals surface area contributed by atoms with Crippen LogP contribution in [-0.2, 0) is 14.3 Å². The minimum Gasteiger partial charge on any atom is -0.384 e. The number of methoxy groups -OCH3 is 1. The predicted octanol–water partition coefficient (Wildman–Crippen LogP) is 1.41. The van der Waals surface area contributed by atoms with Crippen molar-refractivity contribution in [3.8, 4) is 0 Å². The smallest absolute Gasteiger partial charge is 0.225 e. The molecular formula is C15H26N2O3. The molecule has 2 unspecified atom stereocenters. The second-order valence-electron chi connectivity index (χ2n) is 5.98. The lowest BCUT2D eigenvalue weighted by Crippen LogP contribution is -2.66. The van der Waals surface area contributed by atoms with Crippen LogP contribution in [0.2, 0.25) is 0 Å². The van der Waals surface area contributed by atoms with E-state index in [9.17, 15) is 9.59 Å². The van der Waals surface area contributed by atoms with Gasteiger partial charge >= 0.3 is 0 Å². The SMILES string of the molecule is COCCC(=O)N1C[C@H](C)N(C(C)=O)C2CCCCC21. The maximum Gasteiger partial charge on any atom is 0.225 e. The highest BCUT2D eigenvalue weighted by Crippen LogP contribution is 2.33. The molecule has 20 heavy (non-hydrogen) atoms. The highest BCUT2D eigenvalue weighted by Gasteiger charge is 2.43. The van der Waals surface area contributed by atoms with E-state index in [2.05, 4.69) is 0 Å². The lowest BCUT2D eigenvalue weighted by molar-refractivity contribution is -0.153. The van der Waals surface area contributed by atoms with Gasteiger partial charge in [-0.3, -0.25) is 9.59 Å². The Morgan fingerprint density at radius 1 is 1.20 bits per heavy atom. The van der Waals surface area contributed by atoms with Gasteiger partial charge in [-0.1, -0.05) is 12.8 Å². The van der Waals surface area contributed by atoms with E-state index in [0.29, 0.717) is 19.6 Å². The zero-order valence-corrected chi connectivity index (χ0v) is 12.8. The highest BCUT2D eigenvalue weighted by atomic mass is 16.5. The maximum absolute atomic E-state index is 12.4. The fraction of sp³-hybridized carbons (Fsp3) is 0.867. The number of amides is 2. The number of carbonyl (C=O) groups excluding carboxylic acids is 2. The van der Waals surface area contributed by atoms with Gasteiger partial charge < -0.3 is 14.5 Å². The van der Waals surface area contributed by atoms with E-state index in [1.54, 1.807) is 14.0 Å². The molecule has 2 fully saturated rings. The molecule has 1 saturated carbocycles. The average Bonchev–Trinajstić information content (AvgIpc) is 2.43. The Morgan fingerprint density at radius 3 is 2.45 bits per heavy atom. The third-order valence-electron chi connectivity index (χ3n) is 4.59. The van der Waals surface area contributed by atoms with Crippen LogP contribution in [0.1, 0.15) is 46.0 Å². The molecule has 2 rings (SSSR count). The average molecular weight is 282 g/mol. The van der Waals surface area contributed by atoms with Crippen molar-refractivity contribution in [2.45, 2.75) is 64.1 Å². The molecular weight excluding hydrogens is 256 g/mol. The number of ether oxygens (including phenoxy) is 1. The second kappa shape index (κ2) is 6.57. The molecule has 0 bridgehead atoms. The molecule has 1 aliphatic heterocycles. The van der Waals surface area contributed by atoms with Crippen molar-refractivity contribution in [2.24, 2.45) is 0 Å². The molecule has 0 radical (unpaired) electrons. The van der Waals surface area contributed by atoms with Crippen LogP contribution in [0.25, 0.3) is 0 Å². The molecule has 1 saturated heterocycles.